The van der Waals surface area contributed by atoms with Crippen LogP contribution in [0, 0.1) is 5.82 Å². The highest BCUT2D eigenvalue weighted by Crippen LogP contribution is 2.27. The van der Waals surface area contributed by atoms with E-state index in [1.54, 1.807) is 12.3 Å². The molecule has 0 unspecified atom stereocenters. The molecule has 0 saturated carbocycles. The summed E-state index contributed by atoms with van der Waals surface area (Å²) in [5.74, 6) is -0.171. The Morgan fingerprint density at radius 3 is 2.83 bits per heavy atom. The Kier molecular flexibility index (Phi) is 5.16. The molecule has 2 aromatic rings. The van der Waals surface area contributed by atoms with Gasteiger partial charge in [-0.15, -0.1) is 0 Å². The van der Waals surface area contributed by atoms with E-state index in [9.17, 15) is 4.39 Å². The fourth-order valence-electron chi connectivity index (χ4n) is 2.50. The van der Waals surface area contributed by atoms with Gasteiger partial charge in [-0.1, -0.05) is 30.4 Å². The van der Waals surface area contributed by atoms with Gasteiger partial charge >= 0.3 is 0 Å². The zero-order valence-corrected chi connectivity index (χ0v) is 13.7. The van der Waals surface area contributed by atoms with Gasteiger partial charge in [-0.3, -0.25) is 0 Å². The third-order valence-electron chi connectivity index (χ3n) is 3.50. The van der Waals surface area contributed by atoms with Gasteiger partial charge in [0, 0.05) is 17.9 Å². The molecule has 1 aromatic carbocycles. The second kappa shape index (κ2) is 7.09. The summed E-state index contributed by atoms with van der Waals surface area (Å²) < 4.78 is 14.3. The molecule has 0 amide bonds. The quantitative estimate of drug-likeness (QED) is 0.777. The predicted molar refractivity (Wildman–Crippen MR) is 96.9 cm³/mol. The van der Waals surface area contributed by atoms with E-state index in [2.05, 4.69) is 16.9 Å². The van der Waals surface area contributed by atoms with Gasteiger partial charge in [-0.25, -0.2) is 9.37 Å². The van der Waals surface area contributed by atoms with E-state index >= 15 is 0 Å². The Morgan fingerprint density at radius 2 is 2.17 bits per heavy atom. The first-order valence-corrected chi connectivity index (χ1v) is 7.52. The van der Waals surface area contributed by atoms with Crippen molar-refractivity contribution in [2.24, 2.45) is 0 Å². The van der Waals surface area contributed by atoms with E-state index in [4.69, 9.17) is 5.73 Å². The summed E-state index contributed by atoms with van der Waals surface area (Å²) in [7, 11) is 0. The first kappa shape index (κ1) is 16.7. The van der Waals surface area contributed by atoms with E-state index in [1.807, 2.05) is 45.1 Å². The summed E-state index contributed by atoms with van der Waals surface area (Å²) >= 11 is 0. The van der Waals surface area contributed by atoms with Crippen molar-refractivity contribution in [3.8, 4) is 0 Å². The highest BCUT2D eigenvalue weighted by molar-refractivity contribution is 5.93. The van der Waals surface area contributed by atoms with Crippen molar-refractivity contribution in [3.63, 3.8) is 0 Å². The lowest BCUT2D eigenvalue weighted by molar-refractivity contribution is 0.640. The van der Waals surface area contributed by atoms with Crippen LogP contribution in [0.1, 0.15) is 20.8 Å². The summed E-state index contributed by atoms with van der Waals surface area (Å²) in [5, 5.41) is 4.41. The lowest BCUT2D eigenvalue weighted by atomic mass is 10.0. The molecule has 0 fully saturated rings. The number of pyridine rings is 1. The van der Waals surface area contributed by atoms with E-state index < -0.39 is 0 Å². The van der Waals surface area contributed by atoms with Crippen molar-refractivity contribution in [2.45, 2.75) is 26.8 Å². The van der Waals surface area contributed by atoms with Gasteiger partial charge < -0.3 is 11.1 Å². The van der Waals surface area contributed by atoms with Crippen molar-refractivity contribution in [1.29, 1.82) is 0 Å². The summed E-state index contributed by atoms with van der Waals surface area (Å²) in [6, 6.07) is 5.09. The molecule has 0 aliphatic carbocycles. The van der Waals surface area contributed by atoms with Crippen LogP contribution in [0.2, 0.25) is 0 Å². The molecule has 1 atom stereocenters. The molecule has 0 aliphatic rings. The Labute approximate surface area is 136 Å². The molecule has 0 saturated heterocycles. The summed E-state index contributed by atoms with van der Waals surface area (Å²) in [6.45, 7) is 9.85. The van der Waals surface area contributed by atoms with Crippen molar-refractivity contribution < 1.29 is 4.39 Å². The number of hydrogen-bond donors (Lipinski definition) is 2. The molecule has 0 radical (unpaired) electrons. The largest absolute Gasteiger partial charge is 0.383 e. The summed E-state index contributed by atoms with van der Waals surface area (Å²) in [6.07, 6.45) is 7.58. The Hall–Kier alpha value is -2.62. The fourth-order valence-corrected chi connectivity index (χ4v) is 2.50. The highest BCUT2D eigenvalue weighted by Gasteiger charge is 2.11. The van der Waals surface area contributed by atoms with E-state index in [-0.39, 0.29) is 17.7 Å². The first-order valence-electron chi connectivity index (χ1n) is 7.52. The molecule has 0 bridgehead atoms. The number of rotatable bonds is 5. The SMILES string of the molecule is C=C(C)/C=C(\C=C/C)[C@H](C)Nc1cc(F)c2c(N)nccc2c1. The van der Waals surface area contributed by atoms with Gasteiger partial charge in [-0.2, -0.15) is 0 Å². The normalized spacial score (nSPS) is 13.5. The number of halogens is 1. The lowest BCUT2D eigenvalue weighted by Gasteiger charge is -2.18. The number of nitrogen functional groups attached to an aromatic ring is 1. The van der Waals surface area contributed by atoms with Gasteiger partial charge in [0.15, 0.2) is 0 Å². The number of nitrogens with zero attached hydrogens (tertiary/aromatic N) is 1. The maximum Gasteiger partial charge on any atom is 0.136 e. The molecule has 0 aliphatic heterocycles. The van der Waals surface area contributed by atoms with E-state index in [1.165, 1.54) is 6.07 Å². The third-order valence-corrected chi connectivity index (χ3v) is 3.50. The molecular weight excluding hydrogens is 289 g/mol. The van der Waals surface area contributed by atoms with E-state index in [0.717, 1.165) is 16.5 Å². The summed E-state index contributed by atoms with van der Waals surface area (Å²) in [4.78, 5) is 3.93. The van der Waals surface area contributed by atoms with Crippen LogP contribution in [0.15, 0.2) is 60.3 Å². The first-order chi connectivity index (χ1) is 10.9. The van der Waals surface area contributed by atoms with Crippen molar-refractivity contribution in [2.75, 3.05) is 11.1 Å². The van der Waals surface area contributed by atoms with Crippen LogP contribution in [0.5, 0.6) is 0 Å². The molecular formula is C19H22FN3. The zero-order chi connectivity index (χ0) is 17.0. The van der Waals surface area contributed by atoms with Crippen LogP contribution in [0.3, 0.4) is 0 Å². The average molecular weight is 311 g/mol. The lowest BCUT2D eigenvalue weighted by Crippen LogP contribution is -2.17. The topological polar surface area (TPSA) is 50.9 Å². The molecule has 4 heteroatoms. The van der Waals surface area contributed by atoms with Gasteiger partial charge in [0.05, 0.1) is 5.39 Å². The number of nitrogens with two attached hydrogens (primary N) is 1. The number of benzene rings is 1. The molecule has 0 spiro atoms. The van der Waals surface area contributed by atoms with Crippen LogP contribution in [-0.4, -0.2) is 11.0 Å². The van der Waals surface area contributed by atoms with Gasteiger partial charge in [-0.05, 0) is 49.9 Å². The predicted octanol–water partition coefficient (Wildman–Crippen LogP) is 4.84. The van der Waals surface area contributed by atoms with Crippen LogP contribution < -0.4 is 11.1 Å². The van der Waals surface area contributed by atoms with Gasteiger partial charge in [0.25, 0.3) is 0 Å². The zero-order valence-electron chi connectivity index (χ0n) is 13.7. The smallest absolute Gasteiger partial charge is 0.136 e. The van der Waals surface area contributed by atoms with E-state index in [0.29, 0.717) is 11.1 Å². The Balaban J connectivity index is 2.36. The van der Waals surface area contributed by atoms with Gasteiger partial charge in [0.2, 0.25) is 0 Å². The standard InChI is InChI=1S/C19H22FN3/c1-5-6-14(9-12(2)3)13(4)23-16-10-15-7-8-22-19(21)18(15)17(20)11-16/h5-11,13,23H,2H2,1,3-4H3,(H2,21,22)/b6-5-,14-9+/t13-/m0/s1. The van der Waals surface area contributed by atoms with Crippen LogP contribution in [-0.2, 0) is 0 Å². The number of aromatic nitrogens is 1. The number of anilines is 2. The highest BCUT2D eigenvalue weighted by atomic mass is 19.1. The average Bonchev–Trinajstić information content (AvgIpc) is 2.46. The van der Waals surface area contributed by atoms with Crippen molar-refractivity contribution in [1.82, 2.24) is 4.98 Å². The Morgan fingerprint density at radius 1 is 1.43 bits per heavy atom. The second-order valence-electron chi connectivity index (χ2n) is 5.61. The minimum Gasteiger partial charge on any atom is -0.383 e. The van der Waals surface area contributed by atoms with Crippen LogP contribution in [0.25, 0.3) is 10.8 Å². The number of allylic oxidation sites excluding steroid dienone is 3. The number of nitrogens with one attached hydrogen (secondary N) is 1. The third kappa shape index (κ3) is 3.97. The van der Waals surface area contributed by atoms with Crippen molar-refractivity contribution in [3.05, 3.63) is 66.2 Å². The van der Waals surface area contributed by atoms with Gasteiger partial charge in [0.1, 0.15) is 11.6 Å². The van der Waals surface area contributed by atoms with Crippen LogP contribution in [0.4, 0.5) is 15.9 Å². The molecule has 3 nitrogen and oxygen atoms in total. The molecule has 120 valence electrons. The number of fused-ring (bicyclic) bond motifs is 1. The Bertz CT molecular complexity index is 791. The molecule has 23 heavy (non-hydrogen) atoms. The molecule has 1 aromatic heterocycles. The van der Waals surface area contributed by atoms with Crippen molar-refractivity contribution >= 4 is 22.3 Å². The second-order valence-corrected chi connectivity index (χ2v) is 5.61. The fraction of sp³-hybridized carbons (Fsp3) is 0.211. The molecule has 1 heterocycles. The monoisotopic (exact) mass is 311 g/mol. The maximum atomic E-state index is 14.3. The summed E-state index contributed by atoms with van der Waals surface area (Å²) in [5.41, 5.74) is 8.50. The molecule has 3 N–H and O–H groups in total. The minimum absolute atomic E-state index is 0.0129. The minimum atomic E-state index is -0.376. The molecule has 2 rings (SSSR count). The van der Waals surface area contributed by atoms with Crippen LogP contribution >= 0.6 is 0 Å². The number of hydrogen-bond acceptors (Lipinski definition) is 3. The maximum absolute atomic E-state index is 14.3.